The number of rotatable bonds is 5. The number of nitrogens with zero attached hydrogens (tertiary/aromatic N) is 1. The normalized spacial score (nSPS) is 11.9. The van der Waals surface area contributed by atoms with E-state index in [1.165, 1.54) is 19.2 Å². The van der Waals surface area contributed by atoms with E-state index in [2.05, 4.69) is 4.98 Å². The molecule has 0 saturated carbocycles. The molecular weight excluding hydrogens is 234 g/mol. The zero-order chi connectivity index (χ0) is 13.9. The van der Waals surface area contributed by atoms with Gasteiger partial charge >= 0.3 is 7.12 Å². The Labute approximate surface area is 108 Å². The fourth-order valence-corrected chi connectivity index (χ4v) is 1.29. The van der Waals surface area contributed by atoms with Gasteiger partial charge < -0.3 is 15.0 Å². The smallest absolute Gasteiger partial charge is 0.410 e. The van der Waals surface area contributed by atoms with Crippen LogP contribution in [0.1, 0.15) is 27.7 Å². The van der Waals surface area contributed by atoms with Gasteiger partial charge in [0.1, 0.15) is 5.82 Å². The lowest BCUT2D eigenvalue weighted by molar-refractivity contribution is 0.0369. The van der Waals surface area contributed by atoms with Crippen molar-refractivity contribution in [1.29, 1.82) is 0 Å². The van der Waals surface area contributed by atoms with Crippen LogP contribution in [0.4, 0.5) is 10.2 Å². The van der Waals surface area contributed by atoms with Gasteiger partial charge in [-0.25, -0.2) is 4.98 Å². The summed E-state index contributed by atoms with van der Waals surface area (Å²) in [5, 5.41) is 0. The van der Waals surface area contributed by atoms with Crippen molar-refractivity contribution in [3.63, 3.8) is 0 Å². The van der Waals surface area contributed by atoms with Gasteiger partial charge in [0.05, 0.1) is 5.60 Å². The molecule has 0 aliphatic carbocycles. The highest BCUT2D eigenvalue weighted by molar-refractivity contribution is 6.61. The van der Waals surface area contributed by atoms with Gasteiger partial charge in [-0.15, -0.1) is 0 Å². The number of pyridine rings is 1. The maximum atomic E-state index is 13.7. The molecule has 0 fully saturated rings. The largest absolute Gasteiger partial charge is 0.498 e. The molecule has 1 rings (SSSR count). The first-order valence-electron chi connectivity index (χ1n) is 5.90. The quantitative estimate of drug-likeness (QED) is 0.640. The zero-order valence-corrected chi connectivity index (χ0v) is 11.5. The van der Waals surface area contributed by atoms with Crippen molar-refractivity contribution < 1.29 is 13.7 Å². The number of hydrogen-bond acceptors (Lipinski definition) is 4. The number of hydrogen-bond donors (Lipinski definition) is 1. The van der Waals surface area contributed by atoms with Crippen LogP contribution in [-0.2, 0) is 9.31 Å². The molecule has 0 aromatic carbocycles. The minimum Gasteiger partial charge on any atom is -0.410 e. The molecule has 18 heavy (non-hydrogen) atoms. The van der Waals surface area contributed by atoms with Crippen LogP contribution < -0.4 is 11.2 Å². The van der Waals surface area contributed by atoms with E-state index in [4.69, 9.17) is 15.0 Å². The highest BCUT2D eigenvalue weighted by Gasteiger charge is 2.33. The van der Waals surface area contributed by atoms with Crippen molar-refractivity contribution in [3.05, 3.63) is 18.1 Å². The summed E-state index contributed by atoms with van der Waals surface area (Å²) in [6.07, 6.45) is 0. The molecule has 0 atom stereocenters. The van der Waals surface area contributed by atoms with Gasteiger partial charge in [0, 0.05) is 12.6 Å². The van der Waals surface area contributed by atoms with Gasteiger partial charge in [-0.3, -0.25) is 0 Å². The molecule has 4 nitrogen and oxygen atoms in total. The van der Waals surface area contributed by atoms with E-state index in [1.807, 2.05) is 27.7 Å². The molecular formula is C12H20BFN2O2. The van der Waals surface area contributed by atoms with Crippen LogP contribution in [0.2, 0.25) is 0 Å². The third-order valence-electron chi connectivity index (χ3n) is 3.17. The number of anilines is 1. The Morgan fingerprint density at radius 2 is 2.00 bits per heavy atom. The molecule has 1 heterocycles. The molecule has 100 valence electrons. The number of aromatic nitrogens is 1. The summed E-state index contributed by atoms with van der Waals surface area (Å²) in [4.78, 5) is 3.57. The molecule has 1 aromatic heterocycles. The molecule has 2 N–H and O–H groups in total. The summed E-state index contributed by atoms with van der Waals surface area (Å²) in [6, 6.07) is 3.05. The van der Waals surface area contributed by atoms with E-state index in [0.29, 0.717) is 0 Å². The predicted molar refractivity (Wildman–Crippen MR) is 71.0 cm³/mol. The van der Waals surface area contributed by atoms with Gasteiger partial charge in [-0.1, -0.05) is 19.9 Å². The Bertz CT molecular complexity index is 413. The minimum absolute atomic E-state index is 0.134. The van der Waals surface area contributed by atoms with Crippen molar-refractivity contribution in [2.45, 2.75) is 33.3 Å². The Kier molecular flexibility index (Phi) is 4.70. The number of nitrogen functional groups attached to an aromatic ring is 1. The second kappa shape index (κ2) is 5.67. The van der Waals surface area contributed by atoms with Gasteiger partial charge in [0.2, 0.25) is 5.95 Å². The third kappa shape index (κ3) is 3.43. The fraction of sp³-hybridized carbons (Fsp3) is 0.583. The number of halogens is 1. The van der Waals surface area contributed by atoms with Crippen molar-refractivity contribution in [3.8, 4) is 0 Å². The summed E-state index contributed by atoms with van der Waals surface area (Å²) in [6.45, 7) is 7.94. The summed E-state index contributed by atoms with van der Waals surface area (Å²) in [5.74, 6) is -0.268. The Morgan fingerprint density at radius 1 is 1.39 bits per heavy atom. The van der Waals surface area contributed by atoms with Crippen LogP contribution in [0, 0.1) is 11.9 Å². The first-order valence-corrected chi connectivity index (χ1v) is 5.90. The lowest BCUT2D eigenvalue weighted by Crippen LogP contribution is -2.47. The minimum atomic E-state index is -0.796. The summed E-state index contributed by atoms with van der Waals surface area (Å²) in [7, 11) is 0.673. The summed E-state index contributed by atoms with van der Waals surface area (Å²) < 4.78 is 24.7. The average Bonchev–Trinajstić information content (AvgIpc) is 2.26. The molecule has 0 aliphatic rings. The fourth-order valence-electron chi connectivity index (χ4n) is 1.29. The Hall–Kier alpha value is -1.14. The number of nitrogens with two attached hydrogens (primary N) is 1. The van der Waals surface area contributed by atoms with E-state index >= 15 is 0 Å². The second-order valence-corrected chi connectivity index (χ2v) is 5.06. The predicted octanol–water partition coefficient (Wildman–Crippen LogP) is 1.60. The zero-order valence-electron chi connectivity index (χ0n) is 11.5. The molecule has 0 radical (unpaired) electrons. The van der Waals surface area contributed by atoms with Crippen LogP contribution in [0.15, 0.2) is 12.1 Å². The summed E-state index contributed by atoms with van der Waals surface area (Å²) >= 11 is 0. The maximum absolute atomic E-state index is 13.7. The summed E-state index contributed by atoms with van der Waals surface area (Å²) in [5.41, 5.74) is 5.23. The molecule has 0 bridgehead atoms. The standard InChI is InChI=1S/C12H20BFN2O2/c1-8(2)12(3,4)18-13(17-5)9-6-7-10(15)16-11(9)14/h6-8H,1-5H3,(H2,15,16). The first-order chi connectivity index (χ1) is 8.27. The lowest BCUT2D eigenvalue weighted by atomic mass is 9.77. The van der Waals surface area contributed by atoms with Gasteiger partial charge in [-0.2, -0.15) is 4.39 Å². The van der Waals surface area contributed by atoms with Gasteiger partial charge in [-0.05, 0) is 25.8 Å². The van der Waals surface area contributed by atoms with Crippen molar-refractivity contribution in [2.75, 3.05) is 12.8 Å². The average molecular weight is 254 g/mol. The van der Waals surface area contributed by atoms with Crippen LogP contribution in [0.5, 0.6) is 0 Å². The second-order valence-electron chi connectivity index (χ2n) is 5.06. The van der Waals surface area contributed by atoms with Crippen LogP contribution >= 0.6 is 0 Å². The highest BCUT2D eigenvalue weighted by Crippen LogP contribution is 2.21. The van der Waals surface area contributed by atoms with E-state index in [0.717, 1.165) is 0 Å². The van der Waals surface area contributed by atoms with Crippen LogP contribution in [0.3, 0.4) is 0 Å². The molecule has 1 aromatic rings. The lowest BCUT2D eigenvalue weighted by Gasteiger charge is -2.32. The highest BCUT2D eigenvalue weighted by atomic mass is 19.1. The monoisotopic (exact) mass is 254 g/mol. The SMILES string of the molecule is COB(OC(C)(C)C(C)C)c1ccc(N)nc1F. The third-order valence-corrected chi connectivity index (χ3v) is 3.17. The first kappa shape index (κ1) is 14.9. The van der Waals surface area contributed by atoms with Gasteiger partial charge in [0.25, 0.3) is 0 Å². The van der Waals surface area contributed by atoms with Crippen molar-refractivity contribution in [2.24, 2.45) is 5.92 Å². The van der Waals surface area contributed by atoms with E-state index < -0.39 is 18.7 Å². The molecule has 0 unspecified atom stereocenters. The van der Waals surface area contributed by atoms with E-state index in [9.17, 15) is 4.39 Å². The van der Waals surface area contributed by atoms with Crippen molar-refractivity contribution >= 4 is 18.4 Å². The molecule has 0 spiro atoms. The Balaban J connectivity index is 2.96. The van der Waals surface area contributed by atoms with Crippen molar-refractivity contribution in [1.82, 2.24) is 4.98 Å². The maximum Gasteiger partial charge on any atom is 0.498 e. The Morgan fingerprint density at radius 3 is 2.44 bits per heavy atom. The van der Waals surface area contributed by atoms with Crippen LogP contribution in [-0.4, -0.2) is 24.8 Å². The molecule has 0 saturated heterocycles. The molecule has 0 amide bonds. The van der Waals surface area contributed by atoms with E-state index in [-0.39, 0.29) is 17.2 Å². The van der Waals surface area contributed by atoms with Crippen LogP contribution in [0.25, 0.3) is 0 Å². The molecule has 6 heteroatoms. The van der Waals surface area contributed by atoms with E-state index in [1.54, 1.807) is 0 Å². The topological polar surface area (TPSA) is 57.4 Å². The van der Waals surface area contributed by atoms with Gasteiger partial charge in [0.15, 0.2) is 0 Å². The molecule has 0 aliphatic heterocycles.